The van der Waals surface area contributed by atoms with Crippen LogP contribution in [0.3, 0.4) is 0 Å². The number of piperazine rings is 1. The zero-order valence-corrected chi connectivity index (χ0v) is 12.9. The first-order chi connectivity index (χ1) is 11.1. The summed E-state index contributed by atoms with van der Waals surface area (Å²) in [6.45, 7) is 3.71. The van der Waals surface area contributed by atoms with E-state index < -0.39 is 11.6 Å². The molecular formula is C16H18F2N4O. The van der Waals surface area contributed by atoms with Crippen molar-refractivity contribution in [2.45, 2.75) is 6.54 Å². The quantitative estimate of drug-likeness (QED) is 0.863. The average Bonchev–Trinajstić information content (AvgIpc) is 2.55. The summed E-state index contributed by atoms with van der Waals surface area (Å²) in [4.78, 5) is 12.6. The molecule has 1 aromatic carbocycles. The van der Waals surface area contributed by atoms with E-state index in [1.165, 1.54) is 18.5 Å². The van der Waals surface area contributed by atoms with Gasteiger partial charge in [0.05, 0.1) is 7.11 Å². The number of benzene rings is 1. The fraction of sp³-hybridized carbons (Fsp3) is 0.375. The molecule has 2 heterocycles. The molecule has 0 atom stereocenters. The van der Waals surface area contributed by atoms with Crippen LogP contribution in [0.4, 0.5) is 14.6 Å². The van der Waals surface area contributed by atoms with Crippen LogP contribution in [0.2, 0.25) is 0 Å². The van der Waals surface area contributed by atoms with Crippen molar-refractivity contribution in [2.75, 3.05) is 38.2 Å². The normalized spacial score (nSPS) is 15.7. The molecular weight excluding hydrogens is 302 g/mol. The molecule has 0 radical (unpaired) electrons. The van der Waals surface area contributed by atoms with Gasteiger partial charge >= 0.3 is 0 Å². The Morgan fingerprint density at radius 2 is 1.70 bits per heavy atom. The van der Waals surface area contributed by atoms with E-state index in [2.05, 4.69) is 19.8 Å². The monoisotopic (exact) mass is 320 g/mol. The molecule has 3 rings (SSSR count). The van der Waals surface area contributed by atoms with Crippen LogP contribution in [-0.2, 0) is 6.54 Å². The number of halogens is 2. The predicted molar refractivity (Wildman–Crippen MR) is 82.4 cm³/mol. The van der Waals surface area contributed by atoms with Gasteiger partial charge in [-0.3, -0.25) is 4.90 Å². The molecule has 1 aliphatic heterocycles. The second-order valence-corrected chi connectivity index (χ2v) is 5.46. The maximum atomic E-state index is 13.2. The van der Waals surface area contributed by atoms with Crippen LogP contribution in [0.15, 0.2) is 30.6 Å². The van der Waals surface area contributed by atoms with Crippen molar-refractivity contribution in [3.05, 3.63) is 47.8 Å². The summed E-state index contributed by atoms with van der Waals surface area (Å²) >= 11 is 0. The van der Waals surface area contributed by atoms with Gasteiger partial charge < -0.3 is 9.64 Å². The molecule has 23 heavy (non-hydrogen) atoms. The summed E-state index contributed by atoms with van der Waals surface area (Å²) < 4.78 is 31.6. The number of methoxy groups -OCH3 is 1. The lowest BCUT2D eigenvalue weighted by atomic mass is 10.2. The van der Waals surface area contributed by atoms with E-state index in [0.29, 0.717) is 18.0 Å². The maximum absolute atomic E-state index is 13.2. The highest BCUT2D eigenvalue weighted by Gasteiger charge is 2.19. The smallest absolute Gasteiger partial charge is 0.218 e. The fourth-order valence-corrected chi connectivity index (χ4v) is 2.71. The largest absolute Gasteiger partial charge is 0.481 e. The van der Waals surface area contributed by atoms with Gasteiger partial charge in [-0.15, -0.1) is 0 Å². The third-order valence-corrected chi connectivity index (χ3v) is 3.86. The molecule has 1 aromatic heterocycles. The van der Waals surface area contributed by atoms with Crippen molar-refractivity contribution in [1.82, 2.24) is 14.9 Å². The van der Waals surface area contributed by atoms with Crippen molar-refractivity contribution in [2.24, 2.45) is 0 Å². The topological polar surface area (TPSA) is 41.5 Å². The van der Waals surface area contributed by atoms with Gasteiger partial charge in [-0.05, 0) is 17.7 Å². The Kier molecular flexibility index (Phi) is 4.66. The molecule has 0 bridgehead atoms. The molecule has 0 saturated carbocycles. The van der Waals surface area contributed by atoms with E-state index in [4.69, 9.17) is 4.74 Å². The second-order valence-electron chi connectivity index (χ2n) is 5.46. The summed E-state index contributed by atoms with van der Waals surface area (Å²) in [5.41, 5.74) is 0.652. The molecule has 5 nitrogen and oxygen atoms in total. The number of ether oxygens (including phenoxy) is 1. The lowest BCUT2D eigenvalue weighted by molar-refractivity contribution is 0.248. The second kappa shape index (κ2) is 6.87. The Balaban J connectivity index is 1.59. The Morgan fingerprint density at radius 1 is 1.00 bits per heavy atom. The van der Waals surface area contributed by atoms with E-state index in [0.717, 1.165) is 38.1 Å². The first-order valence-corrected chi connectivity index (χ1v) is 7.42. The van der Waals surface area contributed by atoms with E-state index >= 15 is 0 Å². The molecule has 1 fully saturated rings. The minimum Gasteiger partial charge on any atom is -0.481 e. The fourth-order valence-electron chi connectivity index (χ4n) is 2.71. The van der Waals surface area contributed by atoms with Gasteiger partial charge in [-0.2, -0.15) is 0 Å². The van der Waals surface area contributed by atoms with Crippen LogP contribution in [0.5, 0.6) is 5.88 Å². The summed E-state index contributed by atoms with van der Waals surface area (Å²) in [5.74, 6) is 0.291. The first-order valence-electron chi connectivity index (χ1n) is 7.42. The van der Waals surface area contributed by atoms with Crippen LogP contribution < -0.4 is 9.64 Å². The summed E-state index contributed by atoms with van der Waals surface area (Å²) in [6, 6.07) is 5.46. The number of nitrogens with zero attached hydrogens (tertiary/aromatic N) is 4. The number of aromatic nitrogens is 2. The molecule has 122 valence electrons. The third kappa shape index (κ3) is 3.92. The number of anilines is 1. The highest BCUT2D eigenvalue weighted by molar-refractivity contribution is 5.41. The van der Waals surface area contributed by atoms with Crippen LogP contribution in [0.25, 0.3) is 0 Å². The van der Waals surface area contributed by atoms with Crippen LogP contribution in [0, 0.1) is 11.6 Å². The van der Waals surface area contributed by atoms with Crippen LogP contribution in [0.1, 0.15) is 5.56 Å². The average molecular weight is 320 g/mol. The third-order valence-electron chi connectivity index (χ3n) is 3.86. The van der Waals surface area contributed by atoms with Gasteiger partial charge in [0.1, 0.15) is 23.8 Å². The maximum Gasteiger partial charge on any atom is 0.218 e. The molecule has 7 heteroatoms. The van der Waals surface area contributed by atoms with Gasteiger partial charge in [0.15, 0.2) is 0 Å². The van der Waals surface area contributed by atoms with E-state index in [9.17, 15) is 8.78 Å². The van der Waals surface area contributed by atoms with Crippen LogP contribution in [-0.4, -0.2) is 48.2 Å². The predicted octanol–water partition coefficient (Wildman–Crippen LogP) is 2.09. The van der Waals surface area contributed by atoms with Gasteiger partial charge in [0.25, 0.3) is 0 Å². The molecule has 2 aromatic rings. The minimum absolute atomic E-state index is 0.535. The Bertz CT molecular complexity index is 655. The van der Waals surface area contributed by atoms with Gasteiger partial charge in [-0.1, -0.05) is 0 Å². The molecule has 0 unspecified atom stereocenters. The summed E-state index contributed by atoms with van der Waals surface area (Å²) in [7, 11) is 1.57. The van der Waals surface area contributed by atoms with Gasteiger partial charge in [-0.25, -0.2) is 18.7 Å². The zero-order valence-electron chi connectivity index (χ0n) is 12.9. The van der Waals surface area contributed by atoms with Crippen molar-refractivity contribution in [3.8, 4) is 5.88 Å². The Morgan fingerprint density at radius 3 is 2.35 bits per heavy atom. The van der Waals surface area contributed by atoms with E-state index in [1.807, 2.05) is 0 Å². The summed E-state index contributed by atoms with van der Waals surface area (Å²) in [5, 5.41) is 0. The zero-order chi connectivity index (χ0) is 16.2. The molecule has 1 saturated heterocycles. The standard InChI is InChI=1S/C16H18F2N4O/c1-23-16-9-15(19-11-20-16)22-4-2-21(3-5-22)10-12-6-13(17)8-14(18)7-12/h6-9,11H,2-5,10H2,1H3. The number of hydrogen-bond donors (Lipinski definition) is 0. The van der Waals surface area contributed by atoms with Crippen molar-refractivity contribution >= 4 is 5.82 Å². The van der Waals surface area contributed by atoms with Crippen LogP contribution >= 0.6 is 0 Å². The summed E-state index contributed by atoms with van der Waals surface area (Å²) in [6.07, 6.45) is 1.48. The number of hydrogen-bond acceptors (Lipinski definition) is 5. The van der Waals surface area contributed by atoms with Gasteiger partial charge in [0, 0.05) is 44.9 Å². The number of rotatable bonds is 4. The lowest BCUT2D eigenvalue weighted by Crippen LogP contribution is -2.46. The molecule has 0 N–H and O–H groups in total. The van der Waals surface area contributed by atoms with E-state index in [-0.39, 0.29) is 0 Å². The van der Waals surface area contributed by atoms with E-state index in [1.54, 1.807) is 13.2 Å². The molecule has 0 aliphatic carbocycles. The van der Waals surface area contributed by atoms with Crippen molar-refractivity contribution in [3.63, 3.8) is 0 Å². The molecule has 0 amide bonds. The van der Waals surface area contributed by atoms with Crippen molar-refractivity contribution < 1.29 is 13.5 Å². The highest BCUT2D eigenvalue weighted by Crippen LogP contribution is 2.18. The Labute approximate surface area is 133 Å². The molecule has 1 aliphatic rings. The SMILES string of the molecule is COc1cc(N2CCN(Cc3cc(F)cc(F)c3)CC2)ncn1. The minimum atomic E-state index is -0.535. The lowest BCUT2D eigenvalue weighted by Gasteiger charge is -2.35. The van der Waals surface area contributed by atoms with Gasteiger partial charge in [0.2, 0.25) is 5.88 Å². The molecule has 0 spiro atoms. The Hall–Kier alpha value is -2.28. The first kappa shape index (κ1) is 15.6. The highest BCUT2D eigenvalue weighted by atomic mass is 19.1. The van der Waals surface area contributed by atoms with Crippen molar-refractivity contribution in [1.29, 1.82) is 0 Å².